The fraction of sp³-hybridized carbons (Fsp3) is 0.206. The highest BCUT2D eigenvalue weighted by Crippen LogP contribution is 2.38. The molecular formula is C107H98N8O15S2. The number of thiophene rings is 2. The average molecular weight is 1800 g/mol. The van der Waals surface area contributed by atoms with Gasteiger partial charge in [-0.25, -0.2) is 24.0 Å². The average Bonchev–Trinajstić information content (AvgIpc) is 1.61. The van der Waals surface area contributed by atoms with E-state index in [1.165, 1.54) is 69.0 Å². The second-order valence-corrected chi connectivity index (χ2v) is 33.1. The van der Waals surface area contributed by atoms with Crippen LogP contribution in [-0.2, 0) is 69.4 Å². The van der Waals surface area contributed by atoms with Gasteiger partial charge in [-0.1, -0.05) is 138 Å². The van der Waals surface area contributed by atoms with Crippen LogP contribution < -0.4 is 0 Å². The summed E-state index contributed by atoms with van der Waals surface area (Å²) in [6, 6.07) is 75.8. The number of nitrogens with zero attached hydrogens (tertiary/aromatic N) is 8. The van der Waals surface area contributed by atoms with Crippen LogP contribution in [0.2, 0.25) is 0 Å². The van der Waals surface area contributed by atoms with E-state index in [1.54, 1.807) is 69.3 Å². The minimum Gasteiger partial charge on any atom is -0.461 e. The Morgan fingerprint density at radius 2 is 0.674 bits per heavy atom. The molecule has 0 saturated heterocycles. The molecule has 0 fully saturated rings. The summed E-state index contributed by atoms with van der Waals surface area (Å²) in [7, 11) is 0. The second-order valence-electron chi connectivity index (χ2n) is 31.2. The Kier molecular flexibility index (Phi) is 30.1. The minimum atomic E-state index is -0.692. The predicted molar refractivity (Wildman–Crippen MR) is 523 cm³/mol. The number of esters is 1. The van der Waals surface area contributed by atoms with E-state index in [2.05, 4.69) is 84.8 Å². The van der Waals surface area contributed by atoms with Crippen LogP contribution in [-0.4, -0.2) is 101 Å². The molecule has 7 heterocycles. The summed E-state index contributed by atoms with van der Waals surface area (Å²) < 4.78 is 19.2. The van der Waals surface area contributed by atoms with Crippen molar-refractivity contribution in [2.24, 2.45) is 20.6 Å². The Morgan fingerprint density at radius 1 is 0.318 bits per heavy atom. The zero-order chi connectivity index (χ0) is 93.2. The lowest BCUT2D eigenvalue weighted by Crippen LogP contribution is -2.19. The molecule has 0 spiro atoms. The van der Waals surface area contributed by atoms with Gasteiger partial charge >= 0.3 is 29.8 Å². The number of ether oxygens (including phenoxy) is 1. The number of ketones is 4. The van der Waals surface area contributed by atoms with Crippen molar-refractivity contribution in [3.63, 3.8) is 0 Å². The third-order valence-corrected chi connectivity index (χ3v) is 24.3. The standard InChI is InChI=1S/C34H34N2O3S.C27H24N2O5.C23H20N2O4.C23H20N2O3S/c1-3-5-6-7-11-15-29(35-39-34(38)24-13-9-8-10-14-24)25-17-19-30-27(22-25)28-23-26(18-20-31(28)36(30)4-2)33(37)32-16-12-21-40-32;1-4-29-23-13-11-19(25(27(32)33-5-2)28-34-17(3)30)15-21(23)22-16-20(12-14-24(22)29)26(31)18-9-7-6-8-10-18;1-4-25-20-9-7-16(14(2)24-29-15(3)26)12-18(20)19-13-17(8-10-21(19)25)23(27)22-6-5-11-28-22;1-4-25-20-9-7-16(14(2)24-28-15(3)26)12-18(20)19-13-17(8-10-21(19)25)23(27)22-6-5-11-29-22/h8-10,12-14,16-23H,3-7,11,15H2,1-2H3;6-16H,4-5H2,1-3H3;2*5-13H,4H2,1-3H3/b35-29+;28-25-;2*24-14+. The highest BCUT2D eigenvalue weighted by molar-refractivity contribution is 7.12. The number of fused-ring (bicyclic) bond motifs is 12. The first-order valence-electron chi connectivity index (χ1n) is 43.8. The van der Waals surface area contributed by atoms with Gasteiger partial charge in [0.15, 0.2) is 17.3 Å². The van der Waals surface area contributed by atoms with Crippen molar-refractivity contribution in [1.29, 1.82) is 0 Å². The van der Waals surface area contributed by atoms with Crippen molar-refractivity contribution in [3.05, 3.63) is 331 Å². The van der Waals surface area contributed by atoms with Gasteiger partial charge in [0.05, 0.1) is 45.3 Å². The van der Waals surface area contributed by atoms with Gasteiger partial charge in [0, 0.05) is 173 Å². The normalized spacial score (nSPS) is 11.8. The Bertz CT molecular complexity index is 7150. The molecule has 0 bridgehead atoms. The largest absolute Gasteiger partial charge is 0.461 e. The quantitative estimate of drug-likeness (QED) is 0.0105. The van der Waals surface area contributed by atoms with Crippen LogP contribution in [0.5, 0.6) is 0 Å². The van der Waals surface area contributed by atoms with Gasteiger partial charge in [0.2, 0.25) is 17.3 Å². The van der Waals surface area contributed by atoms with Crippen molar-refractivity contribution in [3.8, 4) is 0 Å². The molecule has 10 aromatic carbocycles. The third kappa shape index (κ3) is 20.7. The molecule has 17 aromatic rings. The number of benzene rings is 10. The number of unbranched alkanes of at least 4 members (excludes halogenated alkanes) is 4. The molecule has 0 radical (unpaired) electrons. The molecule has 0 aliphatic rings. The van der Waals surface area contributed by atoms with Crippen LogP contribution in [0.3, 0.4) is 0 Å². The highest BCUT2D eigenvalue weighted by atomic mass is 32.1. The summed E-state index contributed by atoms with van der Waals surface area (Å²) in [5.41, 5.74) is 16.9. The summed E-state index contributed by atoms with van der Waals surface area (Å²) in [5.74, 6) is -2.57. The Labute approximate surface area is 769 Å². The maximum Gasteiger partial charge on any atom is 0.365 e. The lowest BCUT2D eigenvalue weighted by Gasteiger charge is -2.08. The summed E-state index contributed by atoms with van der Waals surface area (Å²) in [6.45, 7) is 23.0. The molecule has 0 aliphatic carbocycles. The molecule has 132 heavy (non-hydrogen) atoms. The van der Waals surface area contributed by atoms with Gasteiger partial charge in [-0.15, -0.1) is 22.7 Å². The maximum absolute atomic E-state index is 13.1. The van der Waals surface area contributed by atoms with Crippen molar-refractivity contribution in [2.75, 3.05) is 6.61 Å². The lowest BCUT2D eigenvalue weighted by atomic mass is 10.00. The molecule has 0 unspecified atom stereocenters. The number of hydrogen-bond donors (Lipinski definition) is 0. The van der Waals surface area contributed by atoms with Crippen molar-refractivity contribution in [1.82, 2.24) is 18.3 Å². The van der Waals surface area contributed by atoms with E-state index < -0.39 is 29.8 Å². The van der Waals surface area contributed by atoms with Gasteiger partial charge in [-0.2, -0.15) is 0 Å². The molecule has 668 valence electrons. The molecule has 0 aliphatic heterocycles. The number of aryl methyl sites for hydroxylation is 4. The fourth-order valence-corrected chi connectivity index (χ4v) is 17.6. The minimum absolute atomic E-state index is 0.0306. The number of aromatic nitrogens is 4. The monoisotopic (exact) mass is 1800 g/mol. The van der Waals surface area contributed by atoms with E-state index in [-0.39, 0.29) is 35.5 Å². The van der Waals surface area contributed by atoms with E-state index in [9.17, 15) is 43.2 Å². The molecule has 0 amide bonds. The Morgan fingerprint density at radius 3 is 1.05 bits per heavy atom. The lowest BCUT2D eigenvalue weighted by molar-refractivity contribution is -0.142. The third-order valence-electron chi connectivity index (χ3n) is 22.6. The van der Waals surface area contributed by atoms with Crippen molar-refractivity contribution < 1.29 is 71.7 Å². The molecule has 7 aromatic heterocycles. The smallest absolute Gasteiger partial charge is 0.365 e. The number of furan rings is 1. The second kappa shape index (κ2) is 42.8. The Hall–Kier alpha value is -15.2. The van der Waals surface area contributed by atoms with Crippen LogP contribution in [0, 0.1) is 0 Å². The van der Waals surface area contributed by atoms with Gasteiger partial charge in [0.25, 0.3) is 0 Å². The summed E-state index contributed by atoms with van der Waals surface area (Å²) in [5, 5.41) is 27.6. The zero-order valence-corrected chi connectivity index (χ0v) is 76.8. The molecule has 17 rings (SSSR count). The van der Waals surface area contributed by atoms with Gasteiger partial charge < -0.3 is 46.8 Å². The van der Waals surface area contributed by atoms with E-state index >= 15 is 0 Å². The van der Waals surface area contributed by atoms with Crippen LogP contribution in [0.25, 0.3) is 87.2 Å². The number of carbonyl (C=O) groups excluding carboxylic acids is 9. The van der Waals surface area contributed by atoms with Gasteiger partial charge in [0.1, 0.15) is 0 Å². The molecule has 23 nitrogen and oxygen atoms in total. The zero-order valence-electron chi connectivity index (χ0n) is 75.1. The topological polar surface area (TPSA) is 282 Å². The van der Waals surface area contributed by atoms with Crippen molar-refractivity contribution in [2.45, 2.75) is 141 Å². The highest BCUT2D eigenvalue weighted by Gasteiger charge is 2.25. The SMILES string of the molecule is CCCCCCC/C(=N\OC(=O)c1ccccc1)c1ccc2c(c1)c1cc(C(=O)c3cccs3)ccc1n2CC.CCOC(=O)/C(=N\OC(C)=O)c1ccc2c(c1)c1cc(C(=O)c3ccccc3)ccc1n2CC.CCn1c2ccc(C(=O)c3ccco3)cc2c2cc(/C(C)=N/OC(C)=O)ccc21.CCn1c2ccc(C(=O)c3cccs3)cc2c2cc(/C(C)=N/OC(C)=O)ccc21. The molecular weight excluding hydrogens is 1700 g/mol. The van der Waals surface area contributed by atoms with E-state index in [1.807, 2.05) is 194 Å². The van der Waals surface area contributed by atoms with E-state index in [0.29, 0.717) is 62.5 Å². The van der Waals surface area contributed by atoms with Crippen LogP contribution >= 0.6 is 22.7 Å². The number of hydrogen-bond acceptors (Lipinski definition) is 21. The first-order chi connectivity index (χ1) is 64.0. The van der Waals surface area contributed by atoms with Crippen LogP contribution in [0.4, 0.5) is 0 Å². The number of rotatable bonds is 29. The number of oxime groups is 4. The molecule has 0 saturated carbocycles. The van der Waals surface area contributed by atoms with Gasteiger partial charge in [-0.05, 0) is 241 Å². The van der Waals surface area contributed by atoms with Crippen LogP contribution in [0.15, 0.2) is 285 Å². The molecule has 25 heteroatoms. The number of carbonyl (C=O) groups is 9. The van der Waals surface area contributed by atoms with Gasteiger partial charge in [-0.3, -0.25) is 19.2 Å². The summed E-state index contributed by atoms with van der Waals surface area (Å²) >= 11 is 2.90. The van der Waals surface area contributed by atoms with Crippen LogP contribution in [0.1, 0.15) is 210 Å². The van der Waals surface area contributed by atoms with Crippen molar-refractivity contribution >= 4 is 186 Å². The first-order valence-corrected chi connectivity index (χ1v) is 45.6. The van der Waals surface area contributed by atoms with E-state index in [0.717, 1.165) is 158 Å². The fourth-order valence-electron chi connectivity index (χ4n) is 16.3. The maximum atomic E-state index is 13.1. The first kappa shape index (κ1) is 93.0. The molecule has 0 N–H and O–H groups in total. The summed E-state index contributed by atoms with van der Waals surface area (Å²) in [6.07, 6.45) is 7.85. The Balaban J connectivity index is 0.000000143. The predicted octanol–water partition coefficient (Wildman–Crippen LogP) is 24.2. The van der Waals surface area contributed by atoms with E-state index in [4.69, 9.17) is 28.5 Å². The summed E-state index contributed by atoms with van der Waals surface area (Å²) in [4.78, 5) is 131. The molecule has 0 atom stereocenters.